The molecule has 0 saturated carbocycles. The van der Waals surface area contributed by atoms with E-state index in [4.69, 9.17) is 4.43 Å². The summed E-state index contributed by atoms with van der Waals surface area (Å²) in [6.07, 6.45) is 0. The molecule has 0 atom stereocenters. The maximum absolute atomic E-state index is 5.14. The molecule has 0 aliphatic rings. The Kier molecular flexibility index (Phi) is 4.21. The summed E-state index contributed by atoms with van der Waals surface area (Å²) < 4.78 is 5.14. The van der Waals surface area contributed by atoms with Crippen LogP contribution in [0, 0.1) is 0 Å². The molecule has 1 rings (SSSR count). The van der Waals surface area contributed by atoms with Crippen molar-refractivity contribution in [2.24, 2.45) is 0 Å². The van der Waals surface area contributed by atoms with Crippen LogP contribution >= 0.6 is 0 Å². The molecule has 0 heterocycles. The van der Waals surface area contributed by atoms with Crippen LogP contribution in [-0.4, -0.2) is 10.5 Å². The average molecular weight is 247 g/mol. The maximum atomic E-state index is 5.14. The fourth-order valence-corrected chi connectivity index (χ4v) is 2.46. The Morgan fingerprint density at radius 3 is 2.00 bits per heavy atom. The van der Waals surface area contributed by atoms with Gasteiger partial charge in [0.2, 0.25) is 10.5 Å². The van der Waals surface area contributed by atoms with Crippen molar-refractivity contribution in [3.63, 3.8) is 0 Å². The van der Waals surface area contributed by atoms with Crippen LogP contribution in [0.2, 0.25) is 0 Å². The Morgan fingerprint density at radius 2 is 1.59 bits per heavy atom. The molecule has 0 aliphatic heterocycles. The molecule has 1 nitrogen and oxygen atoms in total. The molecule has 0 N–H and O–H groups in total. The van der Waals surface area contributed by atoms with E-state index in [9.17, 15) is 0 Å². The first kappa shape index (κ1) is 14.5. The van der Waals surface area contributed by atoms with Crippen LogP contribution < -0.4 is 0 Å². The van der Waals surface area contributed by atoms with Gasteiger partial charge in [0.05, 0.1) is 6.61 Å². The first-order valence-electron chi connectivity index (χ1n) is 6.09. The lowest BCUT2D eigenvalue weighted by molar-refractivity contribution is 0.333. The summed E-state index contributed by atoms with van der Waals surface area (Å²) >= 11 is 0. The van der Waals surface area contributed by atoms with Crippen molar-refractivity contribution in [3.05, 3.63) is 34.9 Å². The summed E-state index contributed by atoms with van der Waals surface area (Å²) in [4.78, 5) is 0. The van der Waals surface area contributed by atoms with Crippen molar-refractivity contribution >= 4 is 10.5 Å². The van der Waals surface area contributed by atoms with E-state index in [0.717, 1.165) is 0 Å². The van der Waals surface area contributed by atoms with Gasteiger partial charge in [-0.15, -0.1) is 0 Å². The zero-order chi connectivity index (χ0) is 13.3. The molecule has 0 spiro atoms. The van der Waals surface area contributed by atoms with Gasteiger partial charge in [-0.25, -0.2) is 0 Å². The van der Waals surface area contributed by atoms with E-state index in [1.807, 2.05) is 0 Å². The molecule has 1 aromatic rings. The Balaban J connectivity index is 3.46. The number of hydrogen-bond acceptors (Lipinski definition) is 1. The van der Waals surface area contributed by atoms with Gasteiger partial charge in [0, 0.05) is 0 Å². The summed E-state index contributed by atoms with van der Waals surface area (Å²) in [6, 6.07) is 6.50. The van der Waals surface area contributed by atoms with E-state index >= 15 is 0 Å². The van der Waals surface area contributed by atoms with E-state index in [-0.39, 0.29) is 10.8 Å². The van der Waals surface area contributed by atoms with Gasteiger partial charge in [0.15, 0.2) is 0 Å². The Bertz CT molecular complexity index is 383. The smallest absolute Gasteiger partial charge is 0.246 e. The second-order valence-corrected chi connectivity index (χ2v) is 6.92. The van der Waals surface area contributed by atoms with Crippen molar-refractivity contribution < 1.29 is 4.43 Å². The molecule has 0 unspecified atom stereocenters. The molecular formula is C15H23OSi. The molecule has 0 amide bonds. The highest BCUT2D eigenvalue weighted by Gasteiger charge is 2.27. The van der Waals surface area contributed by atoms with E-state index < -0.39 is 0 Å². The minimum atomic E-state index is 0.129. The van der Waals surface area contributed by atoms with E-state index in [2.05, 4.69) is 70.2 Å². The minimum Gasteiger partial charge on any atom is -0.414 e. The van der Waals surface area contributed by atoms with Gasteiger partial charge in [-0.1, -0.05) is 59.7 Å². The lowest BCUT2D eigenvalue weighted by Gasteiger charge is -2.32. The van der Waals surface area contributed by atoms with Crippen LogP contribution in [0.1, 0.15) is 58.2 Å². The SMILES string of the molecule is CC(C)(C)c1cccc(CO[Si])c1C(C)(C)C. The first-order valence-corrected chi connectivity index (χ1v) is 6.50. The predicted octanol–water partition coefficient (Wildman–Crippen LogP) is 3.88. The third-order valence-electron chi connectivity index (χ3n) is 2.94. The lowest BCUT2D eigenvalue weighted by atomic mass is 9.73. The van der Waals surface area contributed by atoms with Crippen LogP contribution in [0.5, 0.6) is 0 Å². The molecule has 1 aromatic carbocycles. The standard InChI is InChI=1S/C15H23OSi/c1-14(2,3)12-9-7-8-11(10-16-17)13(12)15(4,5)6/h7-9H,10H2,1-6H3. The lowest BCUT2D eigenvalue weighted by Crippen LogP contribution is -2.24. The highest BCUT2D eigenvalue weighted by atomic mass is 28.2. The third-order valence-corrected chi connectivity index (χ3v) is 3.08. The highest BCUT2D eigenvalue weighted by Crippen LogP contribution is 2.36. The molecule has 2 heteroatoms. The van der Waals surface area contributed by atoms with Gasteiger partial charge in [0.1, 0.15) is 0 Å². The molecule has 0 fully saturated rings. The zero-order valence-corrected chi connectivity index (χ0v) is 12.8. The molecule has 0 saturated heterocycles. The second kappa shape index (κ2) is 4.95. The average Bonchev–Trinajstić information content (AvgIpc) is 2.14. The van der Waals surface area contributed by atoms with Gasteiger partial charge in [-0.3, -0.25) is 0 Å². The van der Waals surface area contributed by atoms with Crippen LogP contribution in [0.3, 0.4) is 0 Å². The molecule has 0 aliphatic carbocycles. The second-order valence-electron chi connectivity index (χ2n) is 6.63. The van der Waals surface area contributed by atoms with Crippen molar-refractivity contribution in [2.45, 2.75) is 59.0 Å². The van der Waals surface area contributed by atoms with Crippen molar-refractivity contribution in [1.82, 2.24) is 0 Å². The van der Waals surface area contributed by atoms with Crippen LogP contribution in [0.25, 0.3) is 0 Å². The largest absolute Gasteiger partial charge is 0.414 e. The van der Waals surface area contributed by atoms with Crippen molar-refractivity contribution in [1.29, 1.82) is 0 Å². The summed E-state index contributed by atoms with van der Waals surface area (Å²) in [5.74, 6) is 0. The summed E-state index contributed by atoms with van der Waals surface area (Å²) in [7, 11) is 3.11. The fraction of sp³-hybridized carbons (Fsp3) is 0.600. The number of hydrogen-bond donors (Lipinski definition) is 0. The molecule has 0 bridgehead atoms. The maximum Gasteiger partial charge on any atom is 0.246 e. The van der Waals surface area contributed by atoms with Crippen LogP contribution in [0.15, 0.2) is 18.2 Å². The topological polar surface area (TPSA) is 9.23 Å². The summed E-state index contributed by atoms with van der Waals surface area (Å²) in [5.41, 5.74) is 4.37. The van der Waals surface area contributed by atoms with Crippen LogP contribution in [0.4, 0.5) is 0 Å². The van der Waals surface area contributed by atoms with Gasteiger partial charge >= 0.3 is 0 Å². The Hall–Kier alpha value is -0.603. The van der Waals surface area contributed by atoms with Gasteiger partial charge < -0.3 is 4.43 Å². The molecular weight excluding hydrogens is 224 g/mol. The fourth-order valence-electron chi connectivity index (χ4n) is 2.31. The third kappa shape index (κ3) is 3.43. The normalized spacial score (nSPS) is 12.9. The minimum absolute atomic E-state index is 0.129. The molecule has 93 valence electrons. The Morgan fingerprint density at radius 1 is 1.00 bits per heavy atom. The number of rotatable bonds is 2. The molecule has 0 aromatic heterocycles. The molecule has 3 radical (unpaired) electrons. The zero-order valence-electron chi connectivity index (χ0n) is 11.8. The monoisotopic (exact) mass is 247 g/mol. The summed E-state index contributed by atoms with van der Waals surface area (Å²) in [6.45, 7) is 14.2. The first-order chi connectivity index (χ1) is 7.68. The summed E-state index contributed by atoms with van der Waals surface area (Å²) in [5, 5.41) is 0. The quantitative estimate of drug-likeness (QED) is 0.721. The van der Waals surface area contributed by atoms with Gasteiger partial charge in [0.25, 0.3) is 0 Å². The van der Waals surface area contributed by atoms with Gasteiger partial charge in [-0.2, -0.15) is 0 Å². The van der Waals surface area contributed by atoms with Crippen LogP contribution in [-0.2, 0) is 21.9 Å². The van der Waals surface area contributed by atoms with Gasteiger partial charge in [-0.05, 0) is 27.5 Å². The molecule has 17 heavy (non-hydrogen) atoms. The predicted molar refractivity (Wildman–Crippen MR) is 74.4 cm³/mol. The van der Waals surface area contributed by atoms with E-state index in [1.165, 1.54) is 16.7 Å². The van der Waals surface area contributed by atoms with E-state index in [1.54, 1.807) is 0 Å². The van der Waals surface area contributed by atoms with Crippen molar-refractivity contribution in [2.75, 3.05) is 0 Å². The Labute approximate surface area is 109 Å². The highest BCUT2D eigenvalue weighted by molar-refractivity contribution is 5.97. The van der Waals surface area contributed by atoms with Crippen molar-refractivity contribution in [3.8, 4) is 0 Å². The van der Waals surface area contributed by atoms with E-state index in [0.29, 0.717) is 6.61 Å². The number of benzene rings is 1.